The molecular formula is C19H30N4O3. The van der Waals surface area contributed by atoms with Crippen LogP contribution in [0, 0.1) is 11.3 Å². The Labute approximate surface area is 155 Å². The third-order valence-corrected chi connectivity index (χ3v) is 4.06. The predicted octanol–water partition coefficient (Wildman–Crippen LogP) is 3.18. The van der Waals surface area contributed by atoms with E-state index in [1.165, 1.54) is 5.01 Å². The third kappa shape index (κ3) is 6.74. The van der Waals surface area contributed by atoms with Gasteiger partial charge in [0.15, 0.2) is 0 Å². The van der Waals surface area contributed by atoms with Crippen molar-refractivity contribution in [3.05, 3.63) is 35.9 Å². The number of amides is 1. The third-order valence-electron chi connectivity index (χ3n) is 4.06. The number of hydrogen-bond donors (Lipinski definition) is 2. The highest BCUT2D eigenvalue weighted by Gasteiger charge is 2.29. The second-order valence-corrected chi connectivity index (χ2v) is 7.50. The van der Waals surface area contributed by atoms with Crippen LogP contribution in [-0.4, -0.2) is 47.7 Å². The van der Waals surface area contributed by atoms with Gasteiger partial charge in [0.05, 0.1) is 6.61 Å². The smallest absolute Gasteiger partial charge is 0.430 e. The van der Waals surface area contributed by atoms with Crippen LogP contribution in [0.15, 0.2) is 30.3 Å². The van der Waals surface area contributed by atoms with Gasteiger partial charge in [0, 0.05) is 19.6 Å². The van der Waals surface area contributed by atoms with Crippen LogP contribution >= 0.6 is 0 Å². The Bertz CT molecular complexity index is 574. The van der Waals surface area contributed by atoms with E-state index < -0.39 is 11.7 Å². The van der Waals surface area contributed by atoms with Crippen molar-refractivity contribution in [2.24, 2.45) is 5.92 Å². The molecule has 1 aliphatic rings. The molecule has 0 bridgehead atoms. The van der Waals surface area contributed by atoms with E-state index in [0.29, 0.717) is 25.6 Å². The van der Waals surface area contributed by atoms with Crippen molar-refractivity contribution in [1.82, 2.24) is 15.5 Å². The standard InChI is InChI=1S/C19H30N4O3/c1-19(2,3)26-18(24)23(15-20)22-11-7-10-17(13-22)12-21-25-14-16-8-5-4-6-9-16/h4-6,8-9,15,17,20-21H,7,10-14H2,1-3H3/t17-/m1/s1. The highest BCUT2D eigenvalue weighted by atomic mass is 16.6. The first-order valence-electron chi connectivity index (χ1n) is 9.05. The second-order valence-electron chi connectivity index (χ2n) is 7.50. The summed E-state index contributed by atoms with van der Waals surface area (Å²) in [4.78, 5) is 17.8. The number of benzene rings is 1. The number of rotatable bonds is 7. The Hall–Kier alpha value is -1.96. The summed E-state index contributed by atoms with van der Waals surface area (Å²) in [5, 5.41) is 10.7. The zero-order valence-corrected chi connectivity index (χ0v) is 15.9. The van der Waals surface area contributed by atoms with Crippen molar-refractivity contribution in [3.8, 4) is 0 Å². The minimum atomic E-state index is -0.583. The average molecular weight is 362 g/mol. The number of ether oxygens (including phenoxy) is 1. The topological polar surface area (TPSA) is 77.9 Å². The number of hydrazine groups is 1. The highest BCUT2D eigenvalue weighted by molar-refractivity contribution is 5.80. The van der Waals surface area contributed by atoms with Crippen LogP contribution in [0.4, 0.5) is 4.79 Å². The van der Waals surface area contributed by atoms with Crippen molar-refractivity contribution in [1.29, 1.82) is 5.41 Å². The quantitative estimate of drug-likeness (QED) is 0.337. The number of hydroxylamine groups is 1. The molecule has 0 radical (unpaired) electrons. The lowest BCUT2D eigenvalue weighted by molar-refractivity contribution is -0.0377. The van der Waals surface area contributed by atoms with Gasteiger partial charge in [0.25, 0.3) is 0 Å². The molecule has 1 aromatic rings. The number of hydrogen-bond acceptors (Lipinski definition) is 6. The van der Waals surface area contributed by atoms with Gasteiger partial charge < -0.3 is 4.74 Å². The molecule has 1 aromatic carbocycles. The first-order valence-corrected chi connectivity index (χ1v) is 9.05. The molecular weight excluding hydrogens is 332 g/mol. The minimum Gasteiger partial charge on any atom is -0.442 e. The lowest BCUT2D eigenvalue weighted by atomic mass is 9.99. The van der Waals surface area contributed by atoms with Crippen molar-refractivity contribution in [2.75, 3.05) is 19.6 Å². The van der Waals surface area contributed by atoms with E-state index >= 15 is 0 Å². The second kappa shape index (κ2) is 9.66. The molecule has 1 heterocycles. The maximum Gasteiger partial charge on any atom is 0.430 e. The normalized spacial score (nSPS) is 18.3. The zero-order valence-electron chi connectivity index (χ0n) is 15.9. The summed E-state index contributed by atoms with van der Waals surface area (Å²) in [6.07, 6.45) is 2.52. The van der Waals surface area contributed by atoms with E-state index in [4.69, 9.17) is 15.0 Å². The Kier molecular flexibility index (Phi) is 7.56. The number of piperidine rings is 1. The van der Waals surface area contributed by atoms with E-state index in [-0.39, 0.29) is 0 Å². The summed E-state index contributed by atoms with van der Waals surface area (Å²) in [6, 6.07) is 9.99. The summed E-state index contributed by atoms with van der Waals surface area (Å²) >= 11 is 0. The van der Waals surface area contributed by atoms with Gasteiger partial charge in [-0.1, -0.05) is 30.3 Å². The summed E-state index contributed by atoms with van der Waals surface area (Å²) < 4.78 is 5.38. The Morgan fingerprint density at radius 3 is 2.77 bits per heavy atom. The van der Waals surface area contributed by atoms with Crippen LogP contribution < -0.4 is 5.48 Å². The molecule has 1 amide bonds. The maximum atomic E-state index is 12.3. The Morgan fingerprint density at radius 1 is 1.38 bits per heavy atom. The molecule has 26 heavy (non-hydrogen) atoms. The number of carbonyl (C=O) groups excluding carboxylic acids is 1. The van der Waals surface area contributed by atoms with Crippen LogP contribution in [0.3, 0.4) is 0 Å². The first-order chi connectivity index (χ1) is 12.4. The van der Waals surface area contributed by atoms with Crippen LogP contribution in [0.25, 0.3) is 0 Å². The lowest BCUT2D eigenvalue weighted by Crippen LogP contribution is -2.52. The highest BCUT2D eigenvalue weighted by Crippen LogP contribution is 2.19. The van der Waals surface area contributed by atoms with Gasteiger partial charge in [0.2, 0.25) is 0 Å². The van der Waals surface area contributed by atoms with E-state index in [1.807, 2.05) is 56.1 Å². The molecule has 2 rings (SSSR count). The van der Waals surface area contributed by atoms with Gasteiger partial charge in [-0.2, -0.15) is 5.01 Å². The largest absolute Gasteiger partial charge is 0.442 e. The number of nitrogens with one attached hydrogen (secondary N) is 2. The molecule has 1 aliphatic heterocycles. The van der Waals surface area contributed by atoms with Crippen LogP contribution in [0.1, 0.15) is 39.2 Å². The fourth-order valence-corrected chi connectivity index (χ4v) is 2.85. The Balaban J connectivity index is 1.78. The lowest BCUT2D eigenvalue weighted by Gasteiger charge is -2.38. The monoisotopic (exact) mass is 362 g/mol. The van der Waals surface area contributed by atoms with Crippen molar-refractivity contribution < 1.29 is 14.4 Å². The predicted molar refractivity (Wildman–Crippen MR) is 100 cm³/mol. The SMILES string of the molecule is CC(C)(C)OC(=O)N(C=N)N1CCC[C@H](CNOCc2ccccc2)C1. The molecule has 0 aliphatic carbocycles. The van der Waals surface area contributed by atoms with Gasteiger partial charge >= 0.3 is 6.09 Å². The van der Waals surface area contributed by atoms with Crippen molar-refractivity contribution in [3.63, 3.8) is 0 Å². The van der Waals surface area contributed by atoms with Gasteiger partial charge in [-0.15, -0.1) is 0 Å². The average Bonchev–Trinajstić information content (AvgIpc) is 2.59. The summed E-state index contributed by atoms with van der Waals surface area (Å²) in [5.41, 5.74) is 3.56. The van der Waals surface area contributed by atoms with E-state index in [0.717, 1.165) is 31.3 Å². The zero-order chi connectivity index (χ0) is 19.0. The van der Waals surface area contributed by atoms with Gasteiger partial charge in [-0.25, -0.2) is 15.3 Å². The fraction of sp³-hybridized carbons (Fsp3) is 0.579. The minimum absolute atomic E-state index is 0.337. The molecule has 0 spiro atoms. The number of carbonyl (C=O) groups is 1. The first kappa shape index (κ1) is 20.4. The molecule has 2 N–H and O–H groups in total. The molecule has 0 saturated carbocycles. The van der Waals surface area contributed by atoms with Gasteiger partial charge in [-0.3, -0.25) is 10.2 Å². The van der Waals surface area contributed by atoms with Crippen LogP contribution in [0.5, 0.6) is 0 Å². The summed E-state index contributed by atoms with van der Waals surface area (Å²) in [5.74, 6) is 0.337. The van der Waals surface area contributed by atoms with Crippen LogP contribution in [-0.2, 0) is 16.2 Å². The fourth-order valence-electron chi connectivity index (χ4n) is 2.85. The van der Waals surface area contributed by atoms with Gasteiger partial charge in [0.1, 0.15) is 11.9 Å². The number of nitrogens with zero attached hydrogens (tertiary/aromatic N) is 2. The van der Waals surface area contributed by atoms with E-state index in [9.17, 15) is 4.79 Å². The van der Waals surface area contributed by atoms with Crippen molar-refractivity contribution >= 4 is 12.4 Å². The van der Waals surface area contributed by atoms with E-state index in [2.05, 4.69) is 5.48 Å². The molecule has 1 atom stereocenters. The Morgan fingerprint density at radius 2 is 2.12 bits per heavy atom. The molecule has 7 heteroatoms. The molecule has 1 saturated heterocycles. The molecule has 144 valence electrons. The molecule has 7 nitrogen and oxygen atoms in total. The van der Waals surface area contributed by atoms with Crippen LogP contribution in [0.2, 0.25) is 0 Å². The molecule has 1 fully saturated rings. The molecule has 0 unspecified atom stereocenters. The van der Waals surface area contributed by atoms with Gasteiger partial charge in [-0.05, 0) is 45.1 Å². The summed E-state index contributed by atoms with van der Waals surface area (Å²) in [6.45, 7) is 8.08. The van der Waals surface area contributed by atoms with Crippen molar-refractivity contribution in [2.45, 2.75) is 45.8 Å². The van der Waals surface area contributed by atoms with E-state index in [1.54, 1.807) is 0 Å². The summed E-state index contributed by atoms with van der Waals surface area (Å²) in [7, 11) is 0. The maximum absolute atomic E-state index is 12.3. The molecule has 0 aromatic heterocycles.